The number of amides is 2. The first kappa shape index (κ1) is 23.1. The molecule has 0 aliphatic carbocycles. The van der Waals surface area contributed by atoms with Crippen molar-refractivity contribution in [1.82, 2.24) is 10.6 Å². The molecule has 5 nitrogen and oxygen atoms in total. The average molecular weight is 431 g/mol. The molecule has 2 amide bonds. The van der Waals surface area contributed by atoms with Crippen LogP contribution in [0.3, 0.4) is 0 Å². The molecule has 3 aromatic carbocycles. The highest BCUT2D eigenvalue weighted by molar-refractivity contribution is 5.78. The predicted octanol–water partition coefficient (Wildman–Crippen LogP) is 4.69. The Morgan fingerprint density at radius 2 is 1.25 bits per heavy atom. The van der Waals surface area contributed by atoms with Crippen LogP contribution in [0.4, 0.5) is 4.79 Å². The highest BCUT2D eigenvalue weighted by Crippen LogP contribution is 2.19. The summed E-state index contributed by atoms with van der Waals surface area (Å²) < 4.78 is 5.12. The van der Waals surface area contributed by atoms with Crippen molar-refractivity contribution in [2.24, 2.45) is 5.92 Å². The molecule has 5 heteroatoms. The third-order valence-corrected chi connectivity index (χ3v) is 5.55. The molecule has 0 fully saturated rings. The maximum Gasteiger partial charge on any atom is 0.315 e. The zero-order chi connectivity index (χ0) is 22.8. The van der Waals surface area contributed by atoms with Gasteiger partial charge in [-0.25, -0.2) is 4.79 Å². The van der Waals surface area contributed by atoms with Crippen LogP contribution in [0.15, 0.2) is 91.0 Å². The molecule has 0 aliphatic heterocycles. The van der Waals surface area contributed by atoms with Crippen LogP contribution in [0.25, 0.3) is 0 Å². The Morgan fingerprint density at radius 3 is 1.78 bits per heavy atom. The van der Waals surface area contributed by atoms with E-state index in [0.717, 1.165) is 16.7 Å². The molecule has 2 N–H and O–H groups in total. The second kappa shape index (κ2) is 11.7. The first-order chi connectivity index (χ1) is 15.6. The predicted molar refractivity (Wildman–Crippen MR) is 126 cm³/mol. The molecule has 0 bridgehead atoms. The normalized spacial score (nSPS) is 13.4. The maximum atomic E-state index is 12.9. The topological polar surface area (TPSA) is 67.4 Å². The molecular weight excluding hydrogens is 400 g/mol. The van der Waals surface area contributed by atoms with Crippen molar-refractivity contribution >= 4 is 12.0 Å². The minimum atomic E-state index is -0.527. The molecule has 0 aliphatic rings. The van der Waals surface area contributed by atoms with Crippen molar-refractivity contribution in [2.75, 3.05) is 7.11 Å². The molecule has 3 rings (SSSR count). The Balaban J connectivity index is 1.80. The van der Waals surface area contributed by atoms with E-state index in [9.17, 15) is 9.59 Å². The Hall–Kier alpha value is -3.60. The van der Waals surface area contributed by atoms with E-state index in [-0.39, 0.29) is 18.0 Å². The molecule has 0 unspecified atom stereocenters. The summed E-state index contributed by atoms with van der Waals surface area (Å²) in [6.45, 7) is 1.93. The molecule has 0 saturated carbocycles. The SMILES string of the molecule is COC(=O)[C@H](Cc1ccccc1)[C@@H](Cc1ccccc1)NC(=O)N[C@H](C)c1ccccc1. The van der Waals surface area contributed by atoms with Crippen molar-refractivity contribution in [2.45, 2.75) is 31.8 Å². The van der Waals surface area contributed by atoms with Crippen LogP contribution in [0.5, 0.6) is 0 Å². The van der Waals surface area contributed by atoms with Crippen LogP contribution in [0.2, 0.25) is 0 Å². The number of nitrogens with one attached hydrogen (secondary N) is 2. The number of hydrogen-bond donors (Lipinski definition) is 2. The molecule has 0 spiro atoms. The third-order valence-electron chi connectivity index (χ3n) is 5.55. The third kappa shape index (κ3) is 6.71. The quantitative estimate of drug-likeness (QED) is 0.484. The van der Waals surface area contributed by atoms with Gasteiger partial charge >= 0.3 is 12.0 Å². The Kier molecular flexibility index (Phi) is 8.44. The summed E-state index contributed by atoms with van der Waals surface area (Å²) in [5.41, 5.74) is 3.06. The first-order valence-electron chi connectivity index (χ1n) is 10.8. The number of hydrogen-bond acceptors (Lipinski definition) is 3. The Bertz CT molecular complexity index is 978. The second-order valence-corrected chi connectivity index (χ2v) is 7.87. The smallest absolute Gasteiger partial charge is 0.315 e. The van der Waals surface area contributed by atoms with Gasteiger partial charge in [0.2, 0.25) is 0 Å². The minimum absolute atomic E-state index is 0.167. The molecule has 3 atom stereocenters. The van der Waals surface area contributed by atoms with E-state index in [1.807, 2.05) is 97.9 Å². The number of carbonyl (C=O) groups excluding carboxylic acids is 2. The lowest BCUT2D eigenvalue weighted by atomic mass is 9.88. The molecule has 0 saturated heterocycles. The van der Waals surface area contributed by atoms with Gasteiger partial charge in [0.1, 0.15) is 0 Å². The van der Waals surface area contributed by atoms with E-state index >= 15 is 0 Å². The first-order valence-corrected chi connectivity index (χ1v) is 10.8. The second-order valence-electron chi connectivity index (χ2n) is 7.87. The standard InChI is InChI=1S/C27H30N2O3/c1-20(23-16-10-5-11-17-23)28-27(31)29-25(19-22-14-8-4-9-15-22)24(26(30)32-2)18-21-12-6-3-7-13-21/h3-17,20,24-25H,18-19H2,1-2H3,(H2,28,29,31)/t20-,24-,25-/m1/s1. The van der Waals surface area contributed by atoms with Gasteiger partial charge in [0.25, 0.3) is 0 Å². The molecule has 0 aromatic heterocycles. The van der Waals surface area contributed by atoms with E-state index in [2.05, 4.69) is 10.6 Å². The van der Waals surface area contributed by atoms with Crippen LogP contribution in [-0.2, 0) is 22.4 Å². The number of benzene rings is 3. The zero-order valence-electron chi connectivity index (χ0n) is 18.5. The summed E-state index contributed by atoms with van der Waals surface area (Å²) >= 11 is 0. The Labute approximate surface area is 189 Å². The molecule has 3 aromatic rings. The summed E-state index contributed by atoms with van der Waals surface area (Å²) in [5.74, 6) is -0.869. The van der Waals surface area contributed by atoms with Gasteiger partial charge < -0.3 is 15.4 Å². The van der Waals surface area contributed by atoms with Gasteiger partial charge in [-0.3, -0.25) is 4.79 Å². The van der Waals surface area contributed by atoms with Crippen LogP contribution < -0.4 is 10.6 Å². The largest absolute Gasteiger partial charge is 0.469 e. The molecule has 0 radical (unpaired) electrons. The van der Waals surface area contributed by atoms with Crippen molar-refractivity contribution in [1.29, 1.82) is 0 Å². The summed E-state index contributed by atoms with van der Waals surface area (Å²) in [5, 5.41) is 6.04. The van der Waals surface area contributed by atoms with Crippen LogP contribution in [-0.4, -0.2) is 25.2 Å². The van der Waals surface area contributed by atoms with Gasteiger partial charge in [-0.1, -0.05) is 91.0 Å². The van der Waals surface area contributed by atoms with Gasteiger partial charge in [-0.2, -0.15) is 0 Å². The summed E-state index contributed by atoms with van der Waals surface area (Å²) in [4.78, 5) is 25.7. The van der Waals surface area contributed by atoms with E-state index in [4.69, 9.17) is 4.74 Å². The molecule has 32 heavy (non-hydrogen) atoms. The summed E-state index contributed by atoms with van der Waals surface area (Å²) in [7, 11) is 1.39. The number of ether oxygens (including phenoxy) is 1. The summed E-state index contributed by atoms with van der Waals surface area (Å²) in [6, 6.07) is 28.5. The van der Waals surface area contributed by atoms with Gasteiger partial charge in [0.15, 0.2) is 0 Å². The Morgan fingerprint density at radius 1 is 0.750 bits per heavy atom. The highest BCUT2D eigenvalue weighted by atomic mass is 16.5. The lowest BCUT2D eigenvalue weighted by Gasteiger charge is -2.27. The van der Waals surface area contributed by atoms with Crippen LogP contribution in [0, 0.1) is 5.92 Å². The van der Waals surface area contributed by atoms with E-state index in [1.165, 1.54) is 7.11 Å². The fourth-order valence-electron chi connectivity index (χ4n) is 3.80. The molecular formula is C27H30N2O3. The average Bonchev–Trinajstić information content (AvgIpc) is 2.83. The van der Waals surface area contributed by atoms with Crippen LogP contribution >= 0.6 is 0 Å². The van der Waals surface area contributed by atoms with Gasteiger partial charge in [-0.15, -0.1) is 0 Å². The number of methoxy groups -OCH3 is 1. The van der Waals surface area contributed by atoms with Crippen molar-refractivity contribution in [3.63, 3.8) is 0 Å². The lowest BCUT2D eigenvalue weighted by molar-refractivity contribution is -0.146. The van der Waals surface area contributed by atoms with E-state index in [1.54, 1.807) is 0 Å². The highest BCUT2D eigenvalue weighted by Gasteiger charge is 2.31. The van der Waals surface area contributed by atoms with E-state index < -0.39 is 12.0 Å². The molecule has 166 valence electrons. The van der Waals surface area contributed by atoms with Crippen LogP contribution in [0.1, 0.15) is 29.7 Å². The fourth-order valence-corrected chi connectivity index (χ4v) is 3.80. The minimum Gasteiger partial charge on any atom is -0.469 e. The number of carbonyl (C=O) groups is 2. The lowest BCUT2D eigenvalue weighted by Crippen LogP contribution is -2.50. The monoisotopic (exact) mass is 430 g/mol. The van der Waals surface area contributed by atoms with Crippen molar-refractivity contribution in [3.05, 3.63) is 108 Å². The fraction of sp³-hybridized carbons (Fsp3) is 0.259. The zero-order valence-corrected chi connectivity index (χ0v) is 18.5. The number of urea groups is 1. The summed E-state index contributed by atoms with van der Waals surface area (Å²) in [6.07, 6.45) is 0.986. The number of rotatable bonds is 9. The van der Waals surface area contributed by atoms with Crippen molar-refractivity contribution in [3.8, 4) is 0 Å². The van der Waals surface area contributed by atoms with Crippen molar-refractivity contribution < 1.29 is 14.3 Å². The van der Waals surface area contributed by atoms with Gasteiger partial charge in [0, 0.05) is 6.04 Å². The van der Waals surface area contributed by atoms with E-state index in [0.29, 0.717) is 12.8 Å². The maximum absolute atomic E-state index is 12.9. The number of esters is 1. The van der Waals surface area contributed by atoms with Gasteiger partial charge in [0.05, 0.1) is 19.1 Å². The molecule has 0 heterocycles. The van der Waals surface area contributed by atoms with Gasteiger partial charge in [-0.05, 0) is 36.5 Å².